The van der Waals surface area contributed by atoms with Crippen molar-refractivity contribution in [1.29, 1.82) is 0 Å². The number of nitrogens with zero attached hydrogens (tertiary/aromatic N) is 1. The zero-order valence-corrected chi connectivity index (χ0v) is 13.9. The molecule has 2 aromatic rings. The van der Waals surface area contributed by atoms with E-state index in [4.69, 9.17) is 14.2 Å². The predicted molar refractivity (Wildman–Crippen MR) is 91.2 cm³/mol. The van der Waals surface area contributed by atoms with Crippen molar-refractivity contribution in [3.05, 3.63) is 53.7 Å². The van der Waals surface area contributed by atoms with Crippen molar-refractivity contribution in [3.8, 4) is 17.4 Å². The minimum atomic E-state index is -0.201. The monoisotopic (exact) mass is 328 g/mol. The Hall–Kier alpha value is -3.02. The molecule has 0 fully saturated rings. The number of aromatic nitrogens is 1. The smallest absolute Gasteiger partial charge is 0.244 e. The summed E-state index contributed by atoms with van der Waals surface area (Å²) in [6, 6.07) is 9.01. The molecule has 0 unspecified atom stereocenters. The van der Waals surface area contributed by atoms with Crippen molar-refractivity contribution in [1.82, 2.24) is 10.3 Å². The summed E-state index contributed by atoms with van der Waals surface area (Å²) in [6.45, 7) is 0.390. The first-order chi connectivity index (χ1) is 11.6. The summed E-state index contributed by atoms with van der Waals surface area (Å²) in [5, 5.41) is 2.79. The van der Waals surface area contributed by atoms with E-state index in [1.54, 1.807) is 45.7 Å². The first-order valence-corrected chi connectivity index (χ1v) is 7.32. The van der Waals surface area contributed by atoms with Crippen LogP contribution in [0.5, 0.6) is 17.4 Å². The zero-order valence-electron chi connectivity index (χ0n) is 13.9. The highest BCUT2D eigenvalue weighted by Gasteiger charge is 2.01. The summed E-state index contributed by atoms with van der Waals surface area (Å²) < 4.78 is 15.4. The molecular formula is C18H20N2O4. The lowest BCUT2D eigenvalue weighted by Crippen LogP contribution is -2.20. The van der Waals surface area contributed by atoms with Crippen LogP contribution in [0.3, 0.4) is 0 Å². The predicted octanol–water partition coefficient (Wildman–Crippen LogP) is 2.44. The van der Waals surface area contributed by atoms with Crippen LogP contribution >= 0.6 is 0 Å². The molecule has 1 heterocycles. The van der Waals surface area contributed by atoms with Gasteiger partial charge in [-0.2, -0.15) is 0 Å². The minimum Gasteiger partial charge on any atom is -0.497 e. The first-order valence-electron chi connectivity index (χ1n) is 7.32. The van der Waals surface area contributed by atoms with Gasteiger partial charge in [0.2, 0.25) is 11.8 Å². The van der Waals surface area contributed by atoms with Crippen LogP contribution < -0.4 is 19.5 Å². The van der Waals surface area contributed by atoms with Gasteiger partial charge in [-0.05, 0) is 29.3 Å². The number of hydrogen-bond acceptors (Lipinski definition) is 5. The van der Waals surface area contributed by atoms with E-state index in [1.807, 2.05) is 18.2 Å². The van der Waals surface area contributed by atoms with Gasteiger partial charge in [0.05, 0.1) is 21.3 Å². The summed E-state index contributed by atoms with van der Waals surface area (Å²) >= 11 is 0. The molecule has 0 aliphatic rings. The fraction of sp³-hybridized carbons (Fsp3) is 0.222. The van der Waals surface area contributed by atoms with E-state index in [0.29, 0.717) is 23.9 Å². The van der Waals surface area contributed by atoms with Gasteiger partial charge < -0.3 is 19.5 Å². The summed E-state index contributed by atoms with van der Waals surface area (Å²) in [4.78, 5) is 16.0. The van der Waals surface area contributed by atoms with Gasteiger partial charge in [-0.1, -0.05) is 6.07 Å². The van der Waals surface area contributed by atoms with Crippen LogP contribution in [0.15, 0.2) is 42.6 Å². The molecule has 2 rings (SSSR count). The van der Waals surface area contributed by atoms with E-state index in [9.17, 15) is 4.79 Å². The second-order valence-electron chi connectivity index (χ2n) is 4.91. The first kappa shape index (κ1) is 17.3. The van der Waals surface area contributed by atoms with Crippen molar-refractivity contribution < 1.29 is 19.0 Å². The Balaban J connectivity index is 1.94. The molecule has 0 aliphatic carbocycles. The molecule has 0 radical (unpaired) electrons. The summed E-state index contributed by atoms with van der Waals surface area (Å²) in [6.07, 6.45) is 4.83. The number of methoxy groups -OCH3 is 3. The molecule has 0 saturated carbocycles. The quantitative estimate of drug-likeness (QED) is 0.791. The maximum Gasteiger partial charge on any atom is 0.244 e. The average Bonchev–Trinajstić information content (AvgIpc) is 2.64. The Labute approximate surface area is 141 Å². The molecule has 1 aromatic carbocycles. The second kappa shape index (κ2) is 8.57. The average molecular weight is 328 g/mol. The number of pyridine rings is 1. The maximum atomic E-state index is 11.9. The van der Waals surface area contributed by atoms with Gasteiger partial charge >= 0.3 is 0 Å². The zero-order chi connectivity index (χ0) is 17.4. The fourth-order valence-electron chi connectivity index (χ4n) is 1.98. The molecule has 126 valence electrons. The van der Waals surface area contributed by atoms with Crippen LogP contribution in [0.1, 0.15) is 11.1 Å². The van der Waals surface area contributed by atoms with Gasteiger partial charge in [0.1, 0.15) is 11.5 Å². The highest BCUT2D eigenvalue weighted by Crippen LogP contribution is 2.23. The lowest BCUT2D eigenvalue weighted by molar-refractivity contribution is -0.116. The van der Waals surface area contributed by atoms with Crippen molar-refractivity contribution in [3.63, 3.8) is 0 Å². The van der Waals surface area contributed by atoms with Gasteiger partial charge in [-0.25, -0.2) is 4.98 Å². The second-order valence-corrected chi connectivity index (χ2v) is 4.91. The van der Waals surface area contributed by atoms with Gasteiger partial charge in [0.15, 0.2) is 0 Å². The number of carbonyl (C=O) groups is 1. The molecule has 6 heteroatoms. The standard InChI is InChI=1S/C18H20N2O4/c1-22-15-8-13(9-16(10-15)23-2)4-6-17(21)19-11-14-5-7-18(24-3)20-12-14/h4-10,12H,11H2,1-3H3,(H,19,21)/b6-4+. The molecule has 0 aliphatic heterocycles. The number of ether oxygens (including phenoxy) is 3. The highest BCUT2D eigenvalue weighted by atomic mass is 16.5. The maximum absolute atomic E-state index is 11.9. The summed E-state index contributed by atoms with van der Waals surface area (Å²) in [7, 11) is 4.72. The Kier molecular flexibility index (Phi) is 6.19. The molecule has 0 saturated heterocycles. The van der Waals surface area contributed by atoms with E-state index in [1.165, 1.54) is 6.08 Å². The number of amides is 1. The Morgan fingerprint density at radius 3 is 2.33 bits per heavy atom. The molecule has 1 N–H and O–H groups in total. The number of nitrogens with one attached hydrogen (secondary N) is 1. The number of rotatable bonds is 7. The Bertz CT molecular complexity index is 689. The van der Waals surface area contributed by atoms with Crippen molar-refractivity contribution in [2.24, 2.45) is 0 Å². The summed E-state index contributed by atoms with van der Waals surface area (Å²) in [5.41, 5.74) is 1.70. The molecule has 1 aromatic heterocycles. The van der Waals surface area contributed by atoms with E-state index in [0.717, 1.165) is 11.1 Å². The van der Waals surface area contributed by atoms with Crippen LogP contribution in [0, 0.1) is 0 Å². The van der Waals surface area contributed by atoms with Crippen molar-refractivity contribution in [2.45, 2.75) is 6.54 Å². The normalized spacial score (nSPS) is 10.5. The lowest BCUT2D eigenvalue weighted by Gasteiger charge is -2.06. The third-order valence-corrected chi connectivity index (χ3v) is 3.27. The molecule has 0 bridgehead atoms. The molecule has 0 spiro atoms. The van der Waals surface area contributed by atoms with Gasteiger partial charge in [0, 0.05) is 31.0 Å². The Morgan fingerprint density at radius 1 is 1.08 bits per heavy atom. The lowest BCUT2D eigenvalue weighted by atomic mass is 10.2. The summed E-state index contributed by atoms with van der Waals surface area (Å²) in [5.74, 6) is 1.67. The van der Waals surface area contributed by atoms with E-state index in [-0.39, 0.29) is 5.91 Å². The van der Waals surface area contributed by atoms with Crippen LogP contribution in [-0.4, -0.2) is 32.2 Å². The van der Waals surface area contributed by atoms with Crippen LogP contribution in [0.25, 0.3) is 6.08 Å². The third kappa shape index (κ3) is 5.01. The molecule has 1 amide bonds. The fourth-order valence-corrected chi connectivity index (χ4v) is 1.98. The molecule has 6 nitrogen and oxygen atoms in total. The van der Waals surface area contributed by atoms with Gasteiger partial charge in [-0.15, -0.1) is 0 Å². The molecule has 24 heavy (non-hydrogen) atoms. The number of benzene rings is 1. The van der Waals surface area contributed by atoms with Crippen LogP contribution in [0.2, 0.25) is 0 Å². The highest BCUT2D eigenvalue weighted by molar-refractivity contribution is 5.91. The van der Waals surface area contributed by atoms with Gasteiger partial charge in [0.25, 0.3) is 0 Å². The van der Waals surface area contributed by atoms with Gasteiger partial charge in [-0.3, -0.25) is 4.79 Å². The topological polar surface area (TPSA) is 69.7 Å². The molecular weight excluding hydrogens is 308 g/mol. The van der Waals surface area contributed by atoms with Crippen molar-refractivity contribution >= 4 is 12.0 Å². The van der Waals surface area contributed by atoms with Crippen LogP contribution in [-0.2, 0) is 11.3 Å². The number of hydrogen-bond donors (Lipinski definition) is 1. The minimum absolute atomic E-state index is 0.201. The Morgan fingerprint density at radius 2 is 1.79 bits per heavy atom. The van der Waals surface area contributed by atoms with Crippen LogP contribution in [0.4, 0.5) is 0 Å². The van der Waals surface area contributed by atoms with E-state index < -0.39 is 0 Å². The molecule has 0 atom stereocenters. The largest absolute Gasteiger partial charge is 0.497 e. The van der Waals surface area contributed by atoms with Crippen molar-refractivity contribution in [2.75, 3.05) is 21.3 Å². The van der Waals surface area contributed by atoms with E-state index in [2.05, 4.69) is 10.3 Å². The SMILES string of the molecule is COc1cc(/C=C/C(=O)NCc2ccc(OC)nc2)cc(OC)c1. The third-order valence-electron chi connectivity index (χ3n) is 3.27. The number of carbonyl (C=O) groups excluding carboxylic acids is 1. The van der Waals surface area contributed by atoms with E-state index >= 15 is 0 Å².